The first kappa shape index (κ1) is 27.0. The van der Waals surface area contributed by atoms with Crippen LogP contribution in [0.5, 0.6) is 23.0 Å². The molecule has 0 spiro atoms. The molecule has 0 heterocycles. The summed E-state index contributed by atoms with van der Waals surface area (Å²) in [6.07, 6.45) is 0. The zero-order chi connectivity index (χ0) is 28.3. The van der Waals surface area contributed by atoms with E-state index < -0.39 is 19.7 Å². The molecule has 0 unspecified atom stereocenters. The highest BCUT2D eigenvalue weighted by atomic mass is 32.2. The summed E-state index contributed by atoms with van der Waals surface area (Å²) < 4.78 is 63.5. The van der Waals surface area contributed by atoms with E-state index in [0.717, 1.165) is 5.56 Å². The van der Waals surface area contributed by atoms with Crippen molar-refractivity contribution in [3.05, 3.63) is 127 Å². The maximum atomic E-state index is 13.1. The average Bonchev–Trinajstić information content (AvgIpc) is 2.94. The topological polar surface area (TPSA) is 113 Å². The molecule has 7 nitrogen and oxygen atoms in total. The molecule has 0 aliphatic heterocycles. The minimum atomic E-state index is -3.77. The Morgan fingerprint density at radius 2 is 0.825 bits per heavy atom. The van der Waals surface area contributed by atoms with Crippen LogP contribution in [0, 0.1) is 6.92 Å². The summed E-state index contributed by atoms with van der Waals surface area (Å²) in [5, 5.41) is 0. The molecule has 0 aliphatic carbocycles. The molecule has 5 aromatic carbocycles. The second-order valence-electron chi connectivity index (χ2n) is 9.01. The van der Waals surface area contributed by atoms with Crippen LogP contribution in [0.25, 0.3) is 0 Å². The lowest BCUT2D eigenvalue weighted by molar-refractivity contribution is 0.481. The van der Waals surface area contributed by atoms with Crippen molar-refractivity contribution in [1.29, 1.82) is 0 Å². The summed E-state index contributed by atoms with van der Waals surface area (Å²) in [4.78, 5) is 0.580. The largest absolute Gasteiger partial charge is 0.457 e. The van der Waals surface area contributed by atoms with Crippen molar-refractivity contribution in [2.45, 2.75) is 26.5 Å². The van der Waals surface area contributed by atoms with E-state index in [1.165, 1.54) is 36.4 Å². The van der Waals surface area contributed by atoms with Gasteiger partial charge < -0.3 is 15.2 Å². The van der Waals surface area contributed by atoms with E-state index in [-0.39, 0.29) is 19.6 Å². The van der Waals surface area contributed by atoms with Crippen molar-refractivity contribution in [2.24, 2.45) is 0 Å². The van der Waals surface area contributed by atoms with Crippen molar-refractivity contribution < 1.29 is 26.3 Å². The molecular formula is C31H25NO6S2. The fourth-order valence-corrected chi connectivity index (χ4v) is 6.42. The van der Waals surface area contributed by atoms with Crippen molar-refractivity contribution in [3.63, 3.8) is 0 Å². The third-order valence-electron chi connectivity index (χ3n) is 6.06. The van der Waals surface area contributed by atoms with Crippen LogP contribution in [-0.4, -0.2) is 16.8 Å². The molecule has 5 rings (SSSR count). The van der Waals surface area contributed by atoms with E-state index in [9.17, 15) is 16.8 Å². The third-order valence-corrected chi connectivity index (χ3v) is 9.63. The van der Waals surface area contributed by atoms with Gasteiger partial charge in [0.2, 0.25) is 19.7 Å². The molecule has 0 bridgehead atoms. The minimum Gasteiger partial charge on any atom is -0.457 e. The Bertz CT molecular complexity index is 1850. The standard InChI is InChI=1S/C31H25NO6S2/c1-22-5-13-28(14-6-22)39(33,34)29-15-7-24(8-16-29)37-25-9-17-30(18-10-25)40(35,36)31-19-11-26(12-20-31)38-27-4-2-3-23(32)21-27/h2-21H,32H2,1H3. The van der Waals surface area contributed by atoms with Gasteiger partial charge >= 0.3 is 0 Å². The zero-order valence-corrected chi connectivity index (χ0v) is 23.0. The lowest BCUT2D eigenvalue weighted by Crippen LogP contribution is -2.02. The van der Waals surface area contributed by atoms with Crippen LogP contribution in [0.2, 0.25) is 0 Å². The Morgan fingerprint density at radius 1 is 0.475 bits per heavy atom. The fourth-order valence-electron chi connectivity index (χ4n) is 3.90. The van der Waals surface area contributed by atoms with Gasteiger partial charge in [-0.05, 0) is 104 Å². The lowest BCUT2D eigenvalue weighted by Gasteiger charge is -2.10. The molecule has 40 heavy (non-hydrogen) atoms. The van der Waals surface area contributed by atoms with Crippen LogP contribution >= 0.6 is 0 Å². The summed E-state index contributed by atoms with van der Waals surface area (Å²) in [7, 11) is -7.42. The number of hydrogen-bond acceptors (Lipinski definition) is 7. The number of rotatable bonds is 8. The highest BCUT2D eigenvalue weighted by Crippen LogP contribution is 2.30. The molecule has 0 radical (unpaired) electrons. The number of nitrogen functional groups attached to an aromatic ring is 1. The normalized spacial score (nSPS) is 11.6. The molecule has 202 valence electrons. The SMILES string of the molecule is Cc1ccc(S(=O)(=O)c2ccc(Oc3ccc(S(=O)(=O)c4ccc(Oc5cccc(N)c5)cc4)cc3)cc2)cc1. The molecule has 0 atom stereocenters. The Morgan fingerprint density at radius 3 is 1.20 bits per heavy atom. The van der Waals surface area contributed by atoms with Gasteiger partial charge in [0.05, 0.1) is 19.6 Å². The van der Waals surface area contributed by atoms with E-state index in [2.05, 4.69) is 0 Å². The molecule has 0 saturated heterocycles. The average molecular weight is 572 g/mol. The predicted molar refractivity (Wildman–Crippen MR) is 152 cm³/mol. The van der Waals surface area contributed by atoms with Gasteiger partial charge in [0.15, 0.2) is 0 Å². The van der Waals surface area contributed by atoms with Crippen molar-refractivity contribution in [1.82, 2.24) is 0 Å². The van der Waals surface area contributed by atoms with E-state index in [0.29, 0.717) is 28.7 Å². The number of aryl methyl sites for hydroxylation is 1. The minimum absolute atomic E-state index is 0.101. The van der Waals surface area contributed by atoms with E-state index in [1.54, 1.807) is 84.9 Å². The van der Waals surface area contributed by atoms with Crippen molar-refractivity contribution >= 4 is 25.4 Å². The number of anilines is 1. The van der Waals surface area contributed by atoms with Gasteiger partial charge in [0.25, 0.3) is 0 Å². The molecule has 9 heteroatoms. The first-order valence-electron chi connectivity index (χ1n) is 12.2. The molecule has 0 amide bonds. The van der Waals surface area contributed by atoms with E-state index in [4.69, 9.17) is 15.2 Å². The number of benzene rings is 5. The number of ether oxygens (including phenoxy) is 2. The Labute approximate surface area is 233 Å². The molecule has 0 aromatic heterocycles. The highest BCUT2D eigenvalue weighted by molar-refractivity contribution is 7.91. The highest BCUT2D eigenvalue weighted by Gasteiger charge is 2.19. The lowest BCUT2D eigenvalue weighted by atomic mass is 10.2. The van der Waals surface area contributed by atoms with E-state index in [1.807, 2.05) is 6.92 Å². The molecule has 0 aliphatic rings. The molecular weight excluding hydrogens is 546 g/mol. The summed E-state index contributed by atoms with van der Waals surface area (Å²) >= 11 is 0. The van der Waals surface area contributed by atoms with Gasteiger partial charge in [0.1, 0.15) is 23.0 Å². The fraction of sp³-hybridized carbons (Fsp3) is 0.0323. The van der Waals surface area contributed by atoms with Gasteiger partial charge in [-0.25, -0.2) is 16.8 Å². The quantitative estimate of drug-likeness (QED) is 0.203. The van der Waals surface area contributed by atoms with Gasteiger partial charge in [-0.15, -0.1) is 0 Å². The number of sulfone groups is 2. The molecule has 0 fully saturated rings. The summed E-state index contributed by atoms with van der Waals surface area (Å²) in [5.41, 5.74) is 7.30. The van der Waals surface area contributed by atoms with Gasteiger partial charge in [-0.1, -0.05) is 23.8 Å². The molecule has 2 N–H and O–H groups in total. The Hall–Kier alpha value is -4.60. The van der Waals surface area contributed by atoms with Crippen LogP contribution in [0.15, 0.2) is 141 Å². The van der Waals surface area contributed by atoms with Gasteiger partial charge in [-0.2, -0.15) is 0 Å². The first-order chi connectivity index (χ1) is 19.1. The number of nitrogens with two attached hydrogens (primary N) is 1. The van der Waals surface area contributed by atoms with Crippen LogP contribution in [0.3, 0.4) is 0 Å². The van der Waals surface area contributed by atoms with Crippen molar-refractivity contribution in [3.8, 4) is 23.0 Å². The number of hydrogen-bond donors (Lipinski definition) is 1. The van der Waals surface area contributed by atoms with E-state index >= 15 is 0 Å². The predicted octanol–water partition coefficient (Wildman–Crippen LogP) is 6.83. The zero-order valence-electron chi connectivity index (χ0n) is 21.4. The Balaban J connectivity index is 1.26. The van der Waals surface area contributed by atoms with Gasteiger partial charge in [0, 0.05) is 11.8 Å². The summed E-state index contributed by atoms with van der Waals surface area (Å²) in [6.45, 7) is 1.89. The third kappa shape index (κ3) is 5.85. The smallest absolute Gasteiger partial charge is 0.206 e. The maximum Gasteiger partial charge on any atom is 0.206 e. The first-order valence-corrected chi connectivity index (χ1v) is 15.2. The second kappa shape index (κ2) is 10.9. The summed E-state index contributed by atoms with van der Waals surface area (Å²) in [6, 6.07) is 31.8. The van der Waals surface area contributed by atoms with Crippen LogP contribution in [0.1, 0.15) is 5.56 Å². The Kier molecular flexibility index (Phi) is 7.34. The monoisotopic (exact) mass is 571 g/mol. The van der Waals surface area contributed by atoms with Crippen LogP contribution in [-0.2, 0) is 19.7 Å². The van der Waals surface area contributed by atoms with Crippen molar-refractivity contribution in [2.75, 3.05) is 5.73 Å². The van der Waals surface area contributed by atoms with Gasteiger partial charge in [-0.3, -0.25) is 0 Å². The maximum absolute atomic E-state index is 13.1. The molecule has 0 saturated carbocycles. The van der Waals surface area contributed by atoms with Crippen LogP contribution < -0.4 is 15.2 Å². The van der Waals surface area contributed by atoms with Crippen LogP contribution in [0.4, 0.5) is 5.69 Å². The summed E-state index contributed by atoms with van der Waals surface area (Å²) in [5.74, 6) is 1.84. The molecule has 5 aromatic rings. The second-order valence-corrected chi connectivity index (χ2v) is 12.9.